The zero-order valence-corrected chi connectivity index (χ0v) is 11.2. The molecule has 0 heterocycles. The average molecular weight is 273 g/mol. The summed E-state index contributed by atoms with van der Waals surface area (Å²) in [4.78, 5) is 10.2. The van der Waals surface area contributed by atoms with Crippen LogP contribution in [0.4, 0.5) is 11.4 Å². The molecule has 0 aliphatic carbocycles. The third-order valence-electron chi connectivity index (χ3n) is 2.75. The van der Waals surface area contributed by atoms with Gasteiger partial charge in [0.2, 0.25) is 0 Å². The van der Waals surface area contributed by atoms with E-state index in [2.05, 4.69) is 5.32 Å². The number of hydrogen-bond acceptors (Lipinski definition) is 4. The molecule has 0 fully saturated rings. The van der Waals surface area contributed by atoms with Gasteiger partial charge in [-0.25, -0.2) is 0 Å². The van der Waals surface area contributed by atoms with Gasteiger partial charge in [-0.05, 0) is 31.4 Å². The normalized spacial score (nSPS) is 12.2. The number of nitrogens with one attached hydrogen (secondary N) is 1. The van der Waals surface area contributed by atoms with Crippen molar-refractivity contribution in [2.24, 2.45) is 0 Å². The highest BCUT2D eigenvalue weighted by Crippen LogP contribution is 2.30. The predicted octanol–water partition coefficient (Wildman–Crippen LogP) is 3.13. The molecule has 0 saturated heterocycles. The molecular weight excluding hydrogens is 256 g/mol. The van der Waals surface area contributed by atoms with Crippen LogP contribution in [-0.4, -0.2) is 22.7 Å². The summed E-state index contributed by atoms with van der Waals surface area (Å²) in [6.07, 6.45) is 1.01. The van der Waals surface area contributed by atoms with Crippen LogP contribution in [-0.2, 0) is 0 Å². The second-order valence-corrected chi connectivity index (χ2v) is 4.56. The molecule has 0 aromatic heterocycles. The van der Waals surface area contributed by atoms with Crippen LogP contribution >= 0.6 is 11.6 Å². The first-order valence-electron chi connectivity index (χ1n) is 5.82. The molecule has 0 amide bonds. The van der Waals surface area contributed by atoms with Crippen molar-refractivity contribution >= 4 is 23.0 Å². The molecule has 5 nitrogen and oxygen atoms in total. The standard InChI is InChI=1S/C12H17ClN2O3/c1-3-9(16)4-5-14-11-7-10(13)12(15(17)18)6-8(11)2/h6-7,9,14,16H,3-5H2,1-2H3. The Balaban J connectivity index is 2.73. The Morgan fingerprint density at radius 3 is 2.78 bits per heavy atom. The Labute approximate surface area is 111 Å². The van der Waals surface area contributed by atoms with Gasteiger partial charge in [-0.3, -0.25) is 10.1 Å². The molecule has 0 spiro atoms. The molecule has 0 saturated carbocycles. The minimum absolute atomic E-state index is 0.0895. The third kappa shape index (κ3) is 3.85. The van der Waals surface area contributed by atoms with E-state index < -0.39 is 4.92 Å². The van der Waals surface area contributed by atoms with Gasteiger partial charge in [0, 0.05) is 18.3 Å². The first kappa shape index (κ1) is 14.7. The molecule has 1 aromatic carbocycles. The van der Waals surface area contributed by atoms with Gasteiger partial charge in [-0.2, -0.15) is 0 Å². The number of nitrogens with zero attached hydrogens (tertiary/aromatic N) is 1. The summed E-state index contributed by atoms with van der Waals surface area (Å²) in [7, 11) is 0. The Kier molecular flexibility index (Phi) is 5.37. The van der Waals surface area contributed by atoms with E-state index in [1.54, 1.807) is 13.0 Å². The highest BCUT2D eigenvalue weighted by Gasteiger charge is 2.14. The lowest BCUT2D eigenvalue weighted by atomic mass is 10.1. The summed E-state index contributed by atoms with van der Waals surface area (Å²) in [5, 5.41) is 23.3. The van der Waals surface area contributed by atoms with E-state index in [0.29, 0.717) is 19.4 Å². The summed E-state index contributed by atoms with van der Waals surface area (Å²) < 4.78 is 0. The van der Waals surface area contributed by atoms with Crippen LogP contribution < -0.4 is 5.32 Å². The van der Waals surface area contributed by atoms with Gasteiger partial charge in [-0.1, -0.05) is 18.5 Å². The van der Waals surface area contributed by atoms with Crippen LogP contribution in [0.15, 0.2) is 12.1 Å². The van der Waals surface area contributed by atoms with E-state index in [4.69, 9.17) is 11.6 Å². The maximum Gasteiger partial charge on any atom is 0.288 e. The highest BCUT2D eigenvalue weighted by molar-refractivity contribution is 6.33. The van der Waals surface area contributed by atoms with Crippen LogP contribution in [0.2, 0.25) is 5.02 Å². The number of anilines is 1. The lowest BCUT2D eigenvalue weighted by Gasteiger charge is -2.12. The van der Waals surface area contributed by atoms with E-state index in [1.165, 1.54) is 6.07 Å². The van der Waals surface area contributed by atoms with Crippen molar-refractivity contribution in [3.63, 3.8) is 0 Å². The predicted molar refractivity (Wildman–Crippen MR) is 72.2 cm³/mol. The smallest absolute Gasteiger partial charge is 0.288 e. The topological polar surface area (TPSA) is 75.4 Å². The van der Waals surface area contributed by atoms with E-state index in [0.717, 1.165) is 11.3 Å². The number of nitro groups is 1. The molecule has 1 aromatic rings. The first-order chi connectivity index (χ1) is 8.45. The minimum atomic E-state index is -0.500. The lowest BCUT2D eigenvalue weighted by Crippen LogP contribution is -2.12. The zero-order valence-electron chi connectivity index (χ0n) is 10.4. The zero-order chi connectivity index (χ0) is 13.7. The number of rotatable bonds is 6. The summed E-state index contributed by atoms with van der Waals surface area (Å²) in [5.41, 5.74) is 1.43. The van der Waals surface area contributed by atoms with Crippen molar-refractivity contribution in [2.75, 3.05) is 11.9 Å². The van der Waals surface area contributed by atoms with Crippen molar-refractivity contribution in [1.29, 1.82) is 0 Å². The molecule has 2 N–H and O–H groups in total. The molecule has 0 radical (unpaired) electrons. The van der Waals surface area contributed by atoms with E-state index in [1.807, 2.05) is 6.92 Å². The van der Waals surface area contributed by atoms with Crippen LogP contribution in [0, 0.1) is 17.0 Å². The Bertz CT molecular complexity index is 438. The quantitative estimate of drug-likeness (QED) is 0.616. The fraction of sp³-hybridized carbons (Fsp3) is 0.500. The van der Waals surface area contributed by atoms with Crippen LogP contribution in [0.3, 0.4) is 0 Å². The summed E-state index contributed by atoms with van der Waals surface area (Å²) >= 11 is 5.83. The molecule has 18 heavy (non-hydrogen) atoms. The monoisotopic (exact) mass is 272 g/mol. The van der Waals surface area contributed by atoms with Crippen LogP contribution in [0.5, 0.6) is 0 Å². The average Bonchev–Trinajstić information content (AvgIpc) is 2.32. The number of hydrogen-bond donors (Lipinski definition) is 2. The molecule has 0 aliphatic rings. The van der Waals surface area contributed by atoms with E-state index >= 15 is 0 Å². The number of aryl methyl sites for hydroxylation is 1. The largest absolute Gasteiger partial charge is 0.393 e. The van der Waals surface area contributed by atoms with Crippen LogP contribution in [0.1, 0.15) is 25.3 Å². The summed E-state index contributed by atoms with van der Waals surface area (Å²) in [6, 6.07) is 2.99. The fourth-order valence-corrected chi connectivity index (χ4v) is 1.81. The molecule has 0 bridgehead atoms. The maximum absolute atomic E-state index is 10.7. The second-order valence-electron chi connectivity index (χ2n) is 4.15. The molecule has 0 aliphatic heterocycles. The minimum Gasteiger partial charge on any atom is -0.393 e. The van der Waals surface area contributed by atoms with Gasteiger partial charge in [0.25, 0.3) is 5.69 Å². The molecule has 6 heteroatoms. The molecule has 1 rings (SSSR count). The molecule has 100 valence electrons. The number of nitro benzene ring substituents is 1. The van der Waals surface area contributed by atoms with Gasteiger partial charge in [-0.15, -0.1) is 0 Å². The van der Waals surface area contributed by atoms with Gasteiger partial charge in [0.05, 0.1) is 11.0 Å². The van der Waals surface area contributed by atoms with Crippen molar-refractivity contribution in [3.05, 3.63) is 32.8 Å². The summed E-state index contributed by atoms with van der Waals surface area (Å²) in [6.45, 7) is 4.30. The van der Waals surface area contributed by atoms with Crippen LogP contribution in [0.25, 0.3) is 0 Å². The molecular formula is C12H17ClN2O3. The summed E-state index contributed by atoms with van der Waals surface area (Å²) in [5.74, 6) is 0. The van der Waals surface area contributed by atoms with Gasteiger partial charge < -0.3 is 10.4 Å². The fourth-order valence-electron chi connectivity index (χ4n) is 1.57. The Morgan fingerprint density at radius 1 is 1.56 bits per heavy atom. The van der Waals surface area contributed by atoms with E-state index in [9.17, 15) is 15.2 Å². The maximum atomic E-state index is 10.7. The van der Waals surface area contributed by atoms with Crippen molar-refractivity contribution in [1.82, 2.24) is 0 Å². The molecule has 1 unspecified atom stereocenters. The van der Waals surface area contributed by atoms with Gasteiger partial charge in [0.15, 0.2) is 0 Å². The SMILES string of the molecule is CCC(O)CCNc1cc(Cl)c([N+](=O)[O-])cc1C. The van der Waals surface area contributed by atoms with Gasteiger partial charge in [0.1, 0.15) is 5.02 Å². The second kappa shape index (κ2) is 6.56. The number of aliphatic hydroxyl groups is 1. The molecule has 1 atom stereocenters. The van der Waals surface area contributed by atoms with E-state index in [-0.39, 0.29) is 16.8 Å². The number of aliphatic hydroxyl groups excluding tert-OH is 1. The number of halogens is 1. The third-order valence-corrected chi connectivity index (χ3v) is 3.06. The van der Waals surface area contributed by atoms with Crippen molar-refractivity contribution in [3.8, 4) is 0 Å². The number of benzene rings is 1. The Hall–Kier alpha value is -1.33. The van der Waals surface area contributed by atoms with Crippen molar-refractivity contribution in [2.45, 2.75) is 32.8 Å². The van der Waals surface area contributed by atoms with Gasteiger partial charge >= 0.3 is 0 Å². The highest BCUT2D eigenvalue weighted by atomic mass is 35.5. The Morgan fingerprint density at radius 2 is 2.22 bits per heavy atom. The first-order valence-corrected chi connectivity index (χ1v) is 6.20. The lowest BCUT2D eigenvalue weighted by molar-refractivity contribution is -0.384. The van der Waals surface area contributed by atoms with Crippen molar-refractivity contribution < 1.29 is 10.0 Å².